The van der Waals surface area contributed by atoms with Gasteiger partial charge in [-0.2, -0.15) is 17.6 Å². The van der Waals surface area contributed by atoms with Gasteiger partial charge in [0, 0.05) is 6.42 Å². The van der Waals surface area contributed by atoms with E-state index >= 15 is 0 Å². The average Bonchev–Trinajstić information content (AvgIpc) is 1.94. The molecule has 1 aliphatic carbocycles. The summed E-state index contributed by atoms with van der Waals surface area (Å²) in [7, 11) is 0. The van der Waals surface area contributed by atoms with Crippen LogP contribution in [0.1, 0.15) is 6.42 Å². The first-order valence-electron chi connectivity index (χ1n) is 2.62. The van der Waals surface area contributed by atoms with E-state index in [0.29, 0.717) is 0 Å². The molecule has 5 heteroatoms. The van der Waals surface area contributed by atoms with E-state index < -0.39 is 24.4 Å². The summed E-state index contributed by atoms with van der Waals surface area (Å²) in [6, 6.07) is 0. The molecule has 1 saturated carbocycles. The Hall–Kier alpha value is -0.350. The Morgan fingerprint density at radius 2 is 1.70 bits per heavy atom. The minimum absolute atomic E-state index is 0.0116. The van der Waals surface area contributed by atoms with Gasteiger partial charge in [0.15, 0.2) is 6.17 Å². The summed E-state index contributed by atoms with van der Waals surface area (Å²) in [6.45, 7) is 0. The van der Waals surface area contributed by atoms with E-state index in [4.69, 9.17) is 0 Å². The number of hydrogen-bond acceptors (Lipinski definition) is 0. The fourth-order valence-corrected chi connectivity index (χ4v) is 0.744. The maximum atomic E-state index is 12.0. The Balaban J connectivity index is 2.84. The molecule has 0 aromatic carbocycles. The number of rotatable bonds is 0. The van der Waals surface area contributed by atoms with Crippen molar-refractivity contribution in [2.45, 2.75) is 24.4 Å². The second-order valence-electron chi connectivity index (χ2n) is 2.15. The minimum Gasteiger partial charge on any atom is -0.241 e. The van der Waals surface area contributed by atoms with Gasteiger partial charge >= 0.3 is 11.8 Å². The molecule has 0 N–H and O–H groups in total. The summed E-state index contributed by atoms with van der Waals surface area (Å²) in [4.78, 5) is 0. The van der Waals surface area contributed by atoms with Crippen molar-refractivity contribution in [2.24, 2.45) is 0 Å². The molecule has 0 spiro atoms. The van der Waals surface area contributed by atoms with Gasteiger partial charge in [0.25, 0.3) is 0 Å². The van der Waals surface area contributed by atoms with Crippen LogP contribution in [0.2, 0.25) is 0 Å². The van der Waals surface area contributed by atoms with E-state index in [0.717, 1.165) is 0 Å². The highest BCUT2D eigenvalue weighted by molar-refractivity contribution is 5.08. The second-order valence-corrected chi connectivity index (χ2v) is 2.15. The van der Waals surface area contributed by atoms with Gasteiger partial charge in [0.2, 0.25) is 0 Å². The molecule has 1 radical (unpaired) electrons. The van der Waals surface area contributed by atoms with Crippen molar-refractivity contribution in [1.82, 2.24) is 0 Å². The fourth-order valence-electron chi connectivity index (χ4n) is 0.744. The maximum absolute atomic E-state index is 12.0. The van der Waals surface area contributed by atoms with Gasteiger partial charge in [0.05, 0.1) is 0 Å². The van der Waals surface area contributed by atoms with Crippen LogP contribution in [0.5, 0.6) is 0 Å². The van der Waals surface area contributed by atoms with Crippen LogP contribution in [0, 0.1) is 6.42 Å². The Bertz CT molecular complexity index is 141. The van der Waals surface area contributed by atoms with Crippen LogP contribution in [0.15, 0.2) is 0 Å². The smallest absolute Gasteiger partial charge is 0.241 e. The first-order valence-corrected chi connectivity index (χ1v) is 2.62. The normalized spacial score (nSPS) is 36.3. The lowest BCUT2D eigenvalue weighted by Crippen LogP contribution is -2.40. The second kappa shape index (κ2) is 1.83. The lowest BCUT2D eigenvalue weighted by molar-refractivity contribution is -0.194. The molecule has 1 rings (SSSR count). The third-order valence-corrected chi connectivity index (χ3v) is 1.42. The van der Waals surface area contributed by atoms with Crippen molar-refractivity contribution < 1.29 is 22.0 Å². The van der Waals surface area contributed by atoms with Crippen LogP contribution < -0.4 is 0 Å². The fraction of sp³-hybridized carbons (Fsp3) is 0.800. The van der Waals surface area contributed by atoms with Crippen molar-refractivity contribution in [3.63, 3.8) is 0 Å². The summed E-state index contributed by atoms with van der Waals surface area (Å²) in [5, 5.41) is 0. The van der Waals surface area contributed by atoms with Crippen molar-refractivity contribution in [1.29, 1.82) is 0 Å². The molecule has 1 fully saturated rings. The lowest BCUT2D eigenvalue weighted by atomic mass is 10.2. The predicted octanol–water partition coefficient (Wildman–Crippen LogP) is 2.20. The van der Waals surface area contributed by atoms with E-state index in [1.807, 2.05) is 0 Å². The number of halogens is 5. The Kier molecular flexibility index (Phi) is 1.42. The highest BCUT2D eigenvalue weighted by atomic mass is 19.3. The third-order valence-electron chi connectivity index (χ3n) is 1.42. The standard InChI is InChI=1S/C5H4F5/c6-3-1-2-4(7,8)5(3,9)10/h2-3H,1H2. The average molecular weight is 159 g/mol. The molecule has 1 aliphatic rings. The molecule has 0 nitrogen and oxygen atoms in total. The largest absolute Gasteiger partial charge is 0.340 e. The minimum atomic E-state index is -4.51. The molecule has 0 aromatic rings. The van der Waals surface area contributed by atoms with E-state index in [9.17, 15) is 22.0 Å². The van der Waals surface area contributed by atoms with Crippen molar-refractivity contribution in [2.75, 3.05) is 0 Å². The van der Waals surface area contributed by atoms with Gasteiger partial charge in [-0.05, 0) is 6.42 Å². The zero-order valence-corrected chi connectivity index (χ0v) is 4.75. The summed E-state index contributed by atoms with van der Waals surface area (Å²) in [5.74, 6) is -8.78. The summed E-state index contributed by atoms with van der Waals surface area (Å²) in [6.07, 6.45) is -3.60. The summed E-state index contributed by atoms with van der Waals surface area (Å²) in [5.41, 5.74) is 0. The van der Waals surface area contributed by atoms with Crippen LogP contribution in [-0.2, 0) is 0 Å². The first kappa shape index (κ1) is 7.75. The predicted molar refractivity (Wildman–Crippen MR) is 23.7 cm³/mol. The molecule has 59 valence electrons. The molecule has 10 heavy (non-hydrogen) atoms. The van der Waals surface area contributed by atoms with Crippen molar-refractivity contribution in [3.05, 3.63) is 6.42 Å². The monoisotopic (exact) mass is 159 g/mol. The Morgan fingerprint density at radius 1 is 1.20 bits per heavy atom. The summed E-state index contributed by atoms with van der Waals surface area (Å²) >= 11 is 0. The SMILES string of the molecule is FC1C[CH]C(F)(F)C1(F)F. The zero-order chi connectivity index (χ0) is 7.99. The molecule has 0 aromatic heterocycles. The number of alkyl halides is 5. The van der Waals surface area contributed by atoms with Crippen LogP contribution in [-0.4, -0.2) is 18.0 Å². The molecule has 1 unspecified atom stereocenters. The molecule has 0 heterocycles. The summed E-state index contributed by atoms with van der Waals surface area (Å²) < 4.78 is 59.7. The van der Waals surface area contributed by atoms with Crippen LogP contribution in [0.25, 0.3) is 0 Å². The van der Waals surface area contributed by atoms with Crippen molar-refractivity contribution >= 4 is 0 Å². The Morgan fingerprint density at radius 3 is 1.80 bits per heavy atom. The van der Waals surface area contributed by atoms with E-state index in [-0.39, 0.29) is 6.42 Å². The van der Waals surface area contributed by atoms with Crippen LogP contribution in [0.4, 0.5) is 22.0 Å². The Labute approximate surface area is 54.0 Å². The van der Waals surface area contributed by atoms with E-state index in [2.05, 4.69) is 0 Å². The van der Waals surface area contributed by atoms with Crippen LogP contribution >= 0.6 is 0 Å². The molecule has 0 bridgehead atoms. The number of hydrogen-bond donors (Lipinski definition) is 0. The van der Waals surface area contributed by atoms with Crippen molar-refractivity contribution in [3.8, 4) is 0 Å². The topological polar surface area (TPSA) is 0 Å². The zero-order valence-electron chi connectivity index (χ0n) is 4.75. The molecular formula is C5H4F5. The first-order chi connectivity index (χ1) is 4.38. The molecule has 0 saturated heterocycles. The molecular weight excluding hydrogens is 155 g/mol. The molecule has 1 atom stereocenters. The van der Waals surface area contributed by atoms with Gasteiger partial charge in [-0.15, -0.1) is 0 Å². The van der Waals surface area contributed by atoms with Gasteiger partial charge in [-0.1, -0.05) is 0 Å². The maximum Gasteiger partial charge on any atom is 0.340 e. The van der Waals surface area contributed by atoms with Crippen LogP contribution in [0.3, 0.4) is 0 Å². The quantitative estimate of drug-likeness (QED) is 0.475. The van der Waals surface area contributed by atoms with Gasteiger partial charge in [-0.3, -0.25) is 0 Å². The lowest BCUT2D eigenvalue weighted by Gasteiger charge is -2.18. The van der Waals surface area contributed by atoms with Gasteiger partial charge < -0.3 is 0 Å². The highest BCUT2D eigenvalue weighted by Gasteiger charge is 2.66. The highest BCUT2D eigenvalue weighted by Crippen LogP contribution is 2.48. The van der Waals surface area contributed by atoms with E-state index in [1.165, 1.54) is 0 Å². The third kappa shape index (κ3) is 0.793. The van der Waals surface area contributed by atoms with E-state index in [1.54, 1.807) is 0 Å². The van der Waals surface area contributed by atoms with Gasteiger partial charge in [-0.25, -0.2) is 4.39 Å². The molecule has 0 amide bonds. The molecule has 0 aliphatic heterocycles. The van der Waals surface area contributed by atoms with Gasteiger partial charge in [0.1, 0.15) is 0 Å².